The molecule has 116 valence electrons. The summed E-state index contributed by atoms with van der Waals surface area (Å²) in [6.45, 7) is 2.15. The molecular formula is C16H25N3OS. The van der Waals surface area contributed by atoms with E-state index in [0.717, 1.165) is 30.8 Å². The molecule has 0 saturated heterocycles. The van der Waals surface area contributed by atoms with E-state index in [-0.39, 0.29) is 11.8 Å². The van der Waals surface area contributed by atoms with Crippen molar-refractivity contribution in [2.45, 2.75) is 57.9 Å². The van der Waals surface area contributed by atoms with Crippen molar-refractivity contribution in [3.8, 4) is 0 Å². The molecule has 2 saturated carbocycles. The van der Waals surface area contributed by atoms with Gasteiger partial charge in [-0.15, -0.1) is 11.3 Å². The van der Waals surface area contributed by atoms with Crippen LogP contribution in [0.5, 0.6) is 0 Å². The minimum absolute atomic E-state index is 0.124. The Morgan fingerprint density at radius 2 is 2.14 bits per heavy atom. The minimum atomic E-state index is 0.124. The summed E-state index contributed by atoms with van der Waals surface area (Å²) in [5, 5.41) is 3.78. The van der Waals surface area contributed by atoms with Gasteiger partial charge in [-0.25, -0.2) is 4.98 Å². The van der Waals surface area contributed by atoms with E-state index in [2.05, 4.69) is 17.2 Å². The smallest absolute Gasteiger partial charge is 0.229 e. The fraction of sp³-hybridized carbons (Fsp3) is 0.750. The van der Waals surface area contributed by atoms with E-state index in [1.807, 2.05) is 6.20 Å². The number of thiazole rings is 1. The van der Waals surface area contributed by atoms with E-state index in [1.165, 1.54) is 24.1 Å². The highest BCUT2D eigenvalue weighted by Gasteiger charge is 2.40. The number of aryl methyl sites for hydroxylation is 1. The van der Waals surface area contributed by atoms with Crippen LogP contribution in [0.25, 0.3) is 0 Å². The Balaban J connectivity index is 1.60. The quantitative estimate of drug-likeness (QED) is 0.897. The zero-order valence-electron chi connectivity index (χ0n) is 12.7. The average molecular weight is 307 g/mol. The second-order valence-electron chi connectivity index (χ2n) is 6.57. The molecule has 2 atom stereocenters. The van der Waals surface area contributed by atoms with Gasteiger partial charge in [0.2, 0.25) is 5.91 Å². The summed E-state index contributed by atoms with van der Waals surface area (Å²) in [4.78, 5) is 18.1. The molecule has 2 fully saturated rings. The maximum Gasteiger partial charge on any atom is 0.229 e. The van der Waals surface area contributed by atoms with Gasteiger partial charge < -0.3 is 11.1 Å². The summed E-state index contributed by atoms with van der Waals surface area (Å²) in [7, 11) is 0. The molecule has 1 aromatic heterocycles. The minimum Gasteiger partial charge on any atom is -0.327 e. The number of hydrogen-bond donors (Lipinski definition) is 2. The normalized spacial score (nSPS) is 31.9. The van der Waals surface area contributed by atoms with Gasteiger partial charge in [0.05, 0.1) is 0 Å². The highest BCUT2D eigenvalue weighted by atomic mass is 32.1. The second-order valence-corrected chi connectivity index (χ2v) is 7.68. The van der Waals surface area contributed by atoms with Crippen molar-refractivity contribution in [3.63, 3.8) is 0 Å². The molecular weight excluding hydrogens is 282 g/mol. The maximum atomic E-state index is 12.5. The molecule has 3 rings (SSSR count). The molecule has 0 spiro atoms. The predicted octanol–water partition coefficient (Wildman–Crippen LogP) is 3.19. The number of aromatic nitrogens is 1. The first kappa shape index (κ1) is 15.0. The first-order valence-corrected chi connectivity index (χ1v) is 9.00. The van der Waals surface area contributed by atoms with Crippen LogP contribution in [-0.4, -0.2) is 16.9 Å². The van der Waals surface area contributed by atoms with Gasteiger partial charge in [-0.1, -0.05) is 19.8 Å². The molecule has 0 aromatic carbocycles. The van der Waals surface area contributed by atoms with E-state index < -0.39 is 0 Å². The molecule has 0 radical (unpaired) electrons. The van der Waals surface area contributed by atoms with Crippen molar-refractivity contribution in [1.82, 2.24) is 4.98 Å². The first-order valence-electron chi connectivity index (χ1n) is 8.18. The van der Waals surface area contributed by atoms with Gasteiger partial charge in [0.1, 0.15) is 0 Å². The number of rotatable bonds is 4. The number of anilines is 1. The van der Waals surface area contributed by atoms with Crippen molar-refractivity contribution >= 4 is 22.4 Å². The van der Waals surface area contributed by atoms with Gasteiger partial charge in [-0.2, -0.15) is 0 Å². The number of fused-ring (bicyclic) bond motifs is 2. The standard InChI is InChI=1S/C16H25N3OS/c1-2-4-13-9-18-16(21-13)19-15(20)12-7-10-5-3-6-11(8-12)14(10)17/h9-12,14H,2-8,17H2,1H3,(H,18,19,20). The Hall–Kier alpha value is -0.940. The first-order chi connectivity index (χ1) is 10.2. The monoisotopic (exact) mass is 307 g/mol. The van der Waals surface area contributed by atoms with Crippen molar-refractivity contribution in [3.05, 3.63) is 11.1 Å². The fourth-order valence-corrected chi connectivity index (χ4v) is 4.85. The Morgan fingerprint density at radius 1 is 1.43 bits per heavy atom. The van der Waals surface area contributed by atoms with E-state index in [4.69, 9.17) is 5.73 Å². The largest absolute Gasteiger partial charge is 0.327 e. The SMILES string of the molecule is CCCc1cnc(NC(=O)C2CC3CCCC(C2)C3N)s1. The Bertz CT molecular complexity index is 487. The number of nitrogens with one attached hydrogen (secondary N) is 1. The number of nitrogens with two attached hydrogens (primary N) is 1. The summed E-state index contributed by atoms with van der Waals surface area (Å²) >= 11 is 1.60. The van der Waals surface area contributed by atoms with Gasteiger partial charge in [0, 0.05) is 23.0 Å². The lowest BCUT2D eigenvalue weighted by Crippen LogP contribution is -2.48. The Labute approximate surface area is 130 Å². The summed E-state index contributed by atoms with van der Waals surface area (Å²) < 4.78 is 0. The predicted molar refractivity (Wildman–Crippen MR) is 86.3 cm³/mol. The molecule has 4 nitrogen and oxygen atoms in total. The van der Waals surface area contributed by atoms with E-state index >= 15 is 0 Å². The Kier molecular flexibility index (Phi) is 4.60. The van der Waals surface area contributed by atoms with Crippen LogP contribution in [0.2, 0.25) is 0 Å². The molecule has 1 aromatic rings. The van der Waals surface area contributed by atoms with Crippen LogP contribution in [-0.2, 0) is 11.2 Å². The lowest BCUT2D eigenvalue weighted by atomic mass is 9.65. The second kappa shape index (κ2) is 6.44. The van der Waals surface area contributed by atoms with Crippen molar-refractivity contribution < 1.29 is 4.79 Å². The summed E-state index contributed by atoms with van der Waals surface area (Å²) in [6, 6.07) is 0.318. The van der Waals surface area contributed by atoms with Gasteiger partial charge in [0.25, 0.3) is 0 Å². The molecule has 1 heterocycles. The van der Waals surface area contributed by atoms with Crippen LogP contribution in [0, 0.1) is 17.8 Å². The molecule has 5 heteroatoms. The fourth-order valence-electron chi connectivity index (χ4n) is 3.94. The summed E-state index contributed by atoms with van der Waals surface area (Å²) in [5.74, 6) is 1.36. The molecule has 1 amide bonds. The van der Waals surface area contributed by atoms with Gasteiger partial charge in [-0.05, 0) is 43.9 Å². The third kappa shape index (κ3) is 3.29. The van der Waals surface area contributed by atoms with Crippen LogP contribution in [0.1, 0.15) is 50.3 Å². The average Bonchev–Trinajstić information content (AvgIpc) is 2.86. The highest BCUT2D eigenvalue weighted by molar-refractivity contribution is 7.15. The van der Waals surface area contributed by atoms with Gasteiger partial charge in [0.15, 0.2) is 5.13 Å². The van der Waals surface area contributed by atoms with Gasteiger partial charge >= 0.3 is 0 Å². The lowest BCUT2D eigenvalue weighted by molar-refractivity contribution is -0.122. The summed E-state index contributed by atoms with van der Waals surface area (Å²) in [5.41, 5.74) is 6.29. The van der Waals surface area contributed by atoms with Crippen LogP contribution in [0.4, 0.5) is 5.13 Å². The molecule has 21 heavy (non-hydrogen) atoms. The zero-order valence-corrected chi connectivity index (χ0v) is 13.5. The molecule has 2 aliphatic rings. The maximum absolute atomic E-state index is 12.5. The van der Waals surface area contributed by atoms with Crippen LogP contribution in [0.3, 0.4) is 0 Å². The molecule has 2 aliphatic carbocycles. The van der Waals surface area contributed by atoms with Crippen LogP contribution >= 0.6 is 11.3 Å². The van der Waals surface area contributed by atoms with Crippen molar-refractivity contribution in [2.24, 2.45) is 23.5 Å². The number of carbonyl (C=O) groups is 1. The van der Waals surface area contributed by atoms with Crippen molar-refractivity contribution in [1.29, 1.82) is 0 Å². The Morgan fingerprint density at radius 3 is 2.81 bits per heavy atom. The van der Waals surface area contributed by atoms with Crippen LogP contribution in [0.15, 0.2) is 6.20 Å². The number of carbonyl (C=O) groups excluding carboxylic acids is 1. The third-order valence-electron chi connectivity index (χ3n) is 5.06. The third-order valence-corrected chi connectivity index (χ3v) is 6.04. The van der Waals surface area contributed by atoms with Crippen molar-refractivity contribution in [2.75, 3.05) is 5.32 Å². The summed E-state index contributed by atoms with van der Waals surface area (Å²) in [6.07, 6.45) is 9.61. The molecule has 0 aliphatic heterocycles. The van der Waals surface area contributed by atoms with Gasteiger partial charge in [-0.3, -0.25) is 4.79 Å². The number of amides is 1. The zero-order chi connectivity index (χ0) is 14.8. The lowest BCUT2D eigenvalue weighted by Gasteiger charge is -2.43. The van der Waals surface area contributed by atoms with Crippen LogP contribution < -0.4 is 11.1 Å². The molecule has 3 N–H and O–H groups in total. The highest BCUT2D eigenvalue weighted by Crippen LogP contribution is 2.42. The van der Waals surface area contributed by atoms with E-state index in [9.17, 15) is 4.79 Å². The number of nitrogens with zero attached hydrogens (tertiary/aromatic N) is 1. The van der Waals surface area contributed by atoms with E-state index in [1.54, 1.807) is 11.3 Å². The number of hydrogen-bond acceptors (Lipinski definition) is 4. The molecule has 2 unspecified atom stereocenters. The van der Waals surface area contributed by atoms with E-state index in [0.29, 0.717) is 17.9 Å². The molecule has 2 bridgehead atoms. The topological polar surface area (TPSA) is 68.0 Å².